The topological polar surface area (TPSA) is 84.1 Å². The van der Waals surface area contributed by atoms with Crippen LogP contribution in [-0.4, -0.2) is 28.5 Å². The number of esters is 1. The zero-order valence-corrected chi connectivity index (χ0v) is 17.7. The van der Waals surface area contributed by atoms with E-state index >= 15 is 0 Å². The molecule has 2 N–H and O–H groups in total. The summed E-state index contributed by atoms with van der Waals surface area (Å²) in [6, 6.07) is 24.0. The van der Waals surface area contributed by atoms with Gasteiger partial charge in [-0.15, -0.1) is 0 Å². The molecule has 1 heterocycles. The van der Waals surface area contributed by atoms with Crippen LogP contribution in [-0.2, 0) is 9.53 Å². The Morgan fingerprint density at radius 1 is 1.00 bits per heavy atom. The van der Waals surface area contributed by atoms with Crippen LogP contribution in [0.5, 0.6) is 0 Å². The third-order valence-electron chi connectivity index (χ3n) is 4.60. The van der Waals surface area contributed by atoms with Crippen LogP contribution in [0, 0.1) is 0 Å². The first kappa shape index (κ1) is 20.7. The molecule has 0 spiro atoms. The van der Waals surface area contributed by atoms with Crippen LogP contribution >= 0.6 is 11.8 Å². The number of imidazole rings is 1. The zero-order chi connectivity index (χ0) is 21.6. The van der Waals surface area contributed by atoms with E-state index in [-0.39, 0.29) is 11.9 Å². The van der Waals surface area contributed by atoms with Gasteiger partial charge >= 0.3 is 5.97 Å². The molecule has 4 aromatic rings. The summed E-state index contributed by atoms with van der Waals surface area (Å²) in [5, 5.41) is 3.10. The Morgan fingerprint density at radius 2 is 1.71 bits per heavy atom. The molecule has 3 aromatic carbocycles. The highest BCUT2D eigenvalue weighted by atomic mass is 32.2. The zero-order valence-electron chi connectivity index (χ0n) is 16.9. The quantitative estimate of drug-likeness (QED) is 0.310. The molecule has 1 amide bonds. The number of hydrogen-bond acceptors (Lipinski definition) is 5. The third kappa shape index (κ3) is 4.95. The average Bonchev–Trinajstić information content (AvgIpc) is 3.21. The number of nitrogens with zero attached hydrogens (tertiary/aromatic N) is 1. The highest BCUT2D eigenvalue weighted by Gasteiger charge is 2.24. The molecule has 31 heavy (non-hydrogen) atoms. The Hall–Kier alpha value is -3.58. The van der Waals surface area contributed by atoms with E-state index in [4.69, 9.17) is 4.74 Å². The smallest absolute Gasteiger partial charge is 0.338 e. The average molecular weight is 432 g/mol. The fraction of sp³-hybridized carbons (Fsp3) is 0.125. The molecule has 0 saturated carbocycles. The number of aromatic amines is 1. The molecule has 0 radical (unpaired) electrons. The maximum atomic E-state index is 13.2. The number of anilines is 1. The largest absolute Gasteiger partial charge is 0.462 e. The van der Waals surface area contributed by atoms with Crippen LogP contribution in [0.15, 0.2) is 84.0 Å². The lowest BCUT2D eigenvalue weighted by atomic mass is 10.1. The highest BCUT2D eigenvalue weighted by molar-refractivity contribution is 8.00. The number of rotatable bonds is 7. The number of thioether (sulfide) groups is 1. The molecular weight excluding hydrogens is 410 g/mol. The molecule has 0 aliphatic carbocycles. The molecule has 0 fully saturated rings. The van der Waals surface area contributed by atoms with E-state index in [1.165, 1.54) is 11.8 Å². The molecule has 1 atom stereocenters. The summed E-state index contributed by atoms with van der Waals surface area (Å²) in [7, 11) is 0. The van der Waals surface area contributed by atoms with Gasteiger partial charge in [0.05, 0.1) is 23.2 Å². The van der Waals surface area contributed by atoms with Gasteiger partial charge in [0.15, 0.2) is 5.16 Å². The van der Waals surface area contributed by atoms with E-state index in [1.807, 2.05) is 54.6 Å². The minimum atomic E-state index is -0.508. The van der Waals surface area contributed by atoms with Crippen molar-refractivity contribution in [3.8, 4) is 0 Å². The summed E-state index contributed by atoms with van der Waals surface area (Å²) in [5.41, 5.74) is 3.69. The van der Waals surface area contributed by atoms with Gasteiger partial charge in [0.25, 0.3) is 0 Å². The van der Waals surface area contributed by atoms with Crippen LogP contribution < -0.4 is 5.32 Å². The predicted octanol–water partition coefficient (Wildman–Crippen LogP) is 5.21. The molecule has 0 aliphatic rings. The number of hydrogen-bond donors (Lipinski definition) is 2. The van der Waals surface area contributed by atoms with Gasteiger partial charge in [-0.05, 0) is 48.9 Å². The molecule has 1 unspecified atom stereocenters. The Kier molecular flexibility index (Phi) is 6.33. The first-order chi connectivity index (χ1) is 15.1. The number of carbonyl (C=O) groups excluding carboxylic acids is 2. The Labute approximate surface area is 184 Å². The Bertz CT molecular complexity index is 1160. The minimum absolute atomic E-state index is 0.180. The van der Waals surface area contributed by atoms with Crippen LogP contribution in [0.3, 0.4) is 0 Å². The van der Waals surface area contributed by atoms with Gasteiger partial charge in [-0.2, -0.15) is 0 Å². The summed E-state index contributed by atoms with van der Waals surface area (Å²) in [6.07, 6.45) is 0. The van der Waals surface area contributed by atoms with Gasteiger partial charge in [0, 0.05) is 5.69 Å². The second kappa shape index (κ2) is 9.49. The summed E-state index contributed by atoms with van der Waals surface area (Å²) >= 11 is 1.36. The molecule has 0 saturated heterocycles. The van der Waals surface area contributed by atoms with Crippen LogP contribution in [0.4, 0.5) is 5.69 Å². The van der Waals surface area contributed by atoms with Crippen molar-refractivity contribution < 1.29 is 14.3 Å². The molecule has 6 nitrogen and oxygen atoms in total. The molecule has 7 heteroatoms. The SMILES string of the molecule is CCOC(=O)c1ccc(NC(=O)C(Sc2nc3ccccc3[nH]2)c2ccccc2)cc1. The van der Waals surface area contributed by atoms with Crippen molar-refractivity contribution in [2.75, 3.05) is 11.9 Å². The van der Waals surface area contributed by atoms with Gasteiger partial charge in [-0.25, -0.2) is 9.78 Å². The number of nitrogens with one attached hydrogen (secondary N) is 2. The van der Waals surface area contributed by atoms with Gasteiger partial charge in [0.1, 0.15) is 5.25 Å². The first-order valence-corrected chi connectivity index (χ1v) is 10.8. The van der Waals surface area contributed by atoms with E-state index in [9.17, 15) is 9.59 Å². The molecular formula is C24H21N3O3S. The minimum Gasteiger partial charge on any atom is -0.462 e. The van der Waals surface area contributed by atoms with E-state index in [0.29, 0.717) is 23.0 Å². The monoisotopic (exact) mass is 431 g/mol. The number of fused-ring (bicyclic) bond motifs is 1. The predicted molar refractivity (Wildman–Crippen MR) is 122 cm³/mol. The number of ether oxygens (including phenoxy) is 1. The lowest BCUT2D eigenvalue weighted by Gasteiger charge is -2.16. The second-order valence-electron chi connectivity index (χ2n) is 6.75. The van der Waals surface area contributed by atoms with Crippen molar-refractivity contribution >= 4 is 40.4 Å². The van der Waals surface area contributed by atoms with E-state index in [2.05, 4.69) is 15.3 Å². The number of aromatic nitrogens is 2. The molecule has 0 aliphatic heterocycles. The Balaban J connectivity index is 1.55. The molecule has 156 valence electrons. The normalized spacial score (nSPS) is 11.8. The second-order valence-corrected chi connectivity index (χ2v) is 7.85. The summed E-state index contributed by atoms with van der Waals surface area (Å²) in [5.74, 6) is -0.566. The van der Waals surface area contributed by atoms with E-state index in [1.54, 1.807) is 31.2 Å². The van der Waals surface area contributed by atoms with Crippen molar-refractivity contribution in [3.63, 3.8) is 0 Å². The standard InChI is InChI=1S/C24H21N3O3S/c1-2-30-23(29)17-12-14-18(15-13-17)25-22(28)21(16-8-4-3-5-9-16)31-24-26-19-10-6-7-11-20(19)27-24/h3-15,21H,2H2,1H3,(H,25,28)(H,26,27). The lowest BCUT2D eigenvalue weighted by Crippen LogP contribution is -2.19. The van der Waals surface area contributed by atoms with Gasteiger partial charge < -0.3 is 15.0 Å². The van der Waals surface area contributed by atoms with E-state index < -0.39 is 5.25 Å². The van der Waals surface area contributed by atoms with Crippen LogP contribution in [0.2, 0.25) is 0 Å². The van der Waals surface area contributed by atoms with Crippen molar-refractivity contribution in [2.45, 2.75) is 17.3 Å². The summed E-state index contributed by atoms with van der Waals surface area (Å²) in [6.45, 7) is 2.07. The highest BCUT2D eigenvalue weighted by Crippen LogP contribution is 2.35. The van der Waals surface area contributed by atoms with Crippen molar-refractivity contribution in [1.82, 2.24) is 9.97 Å². The van der Waals surface area contributed by atoms with Crippen molar-refractivity contribution in [1.29, 1.82) is 0 Å². The maximum Gasteiger partial charge on any atom is 0.338 e. The van der Waals surface area contributed by atoms with Crippen LogP contribution in [0.25, 0.3) is 11.0 Å². The van der Waals surface area contributed by atoms with Crippen molar-refractivity contribution in [2.24, 2.45) is 0 Å². The van der Waals surface area contributed by atoms with Crippen molar-refractivity contribution in [3.05, 3.63) is 90.0 Å². The fourth-order valence-corrected chi connectivity index (χ4v) is 4.11. The van der Waals surface area contributed by atoms with Crippen LogP contribution in [0.1, 0.15) is 28.1 Å². The lowest BCUT2D eigenvalue weighted by molar-refractivity contribution is -0.115. The molecule has 1 aromatic heterocycles. The molecule has 0 bridgehead atoms. The number of para-hydroxylation sites is 2. The van der Waals surface area contributed by atoms with Gasteiger partial charge in [-0.3, -0.25) is 4.79 Å². The molecule has 4 rings (SSSR count). The van der Waals surface area contributed by atoms with E-state index in [0.717, 1.165) is 16.6 Å². The first-order valence-electron chi connectivity index (χ1n) is 9.88. The summed E-state index contributed by atoms with van der Waals surface area (Å²) < 4.78 is 5.00. The maximum absolute atomic E-state index is 13.2. The third-order valence-corrected chi connectivity index (χ3v) is 5.74. The number of benzene rings is 3. The number of H-pyrrole nitrogens is 1. The Morgan fingerprint density at radius 3 is 2.42 bits per heavy atom. The van der Waals surface area contributed by atoms with Gasteiger partial charge in [0.2, 0.25) is 5.91 Å². The number of amides is 1. The van der Waals surface area contributed by atoms with Gasteiger partial charge in [-0.1, -0.05) is 54.2 Å². The number of carbonyl (C=O) groups is 2. The fourth-order valence-electron chi connectivity index (χ4n) is 3.11. The summed E-state index contributed by atoms with van der Waals surface area (Å²) in [4.78, 5) is 32.9.